The lowest BCUT2D eigenvalue weighted by molar-refractivity contribution is 0.693. The van der Waals surface area contributed by atoms with Crippen molar-refractivity contribution in [2.75, 3.05) is 0 Å². The summed E-state index contributed by atoms with van der Waals surface area (Å²) in [4.78, 5) is 0. The summed E-state index contributed by atoms with van der Waals surface area (Å²) in [6, 6.07) is 0. The Kier molecular flexibility index (Phi) is 10.5. The van der Waals surface area contributed by atoms with Crippen LogP contribution < -0.4 is 0 Å². The molecule has 0 aromatic carbocycles. The van der Waals surface area contributed by atoms with Gasteiger partial charge in [-0.25, -0.2) is 0 Å². The van der Waals surface area contributed by atoms with Crippen LogP contribution in [0.5, 0.6) is 0 Å². The first kappa shape index (κ1) is 11.7. The molecule has 0 aromatic rings. The molecule has 0 unspecified atom stereocenters. The molecule has 0 aliphatic rings. The maximum absolute atomic E-state index is 3.83. The van der Waals surface area contributed by atoms with Gasteiger partial charge in [-0.15, -0.1) is 0 Å². The average Bonchev–Trinajstić information content (AvgIpc) is 2.10. The summed E-state index contributed by atoms with van der Waals surface area (Å²) in [6.07, 6.45) is 14.9. The molecule has 0 saturated heterocycles. The molecule has 0 N–H and O–H groups in total. The molecule has 0 fully saturated rings. The molecule has 0 nitrogen and oxygen atoms in total. The van der Waals surface area contributed by atoms with Crippen LogP contribution in [0.4, 0.5) is 0 Å². The van der Waals surface area contributed by atoms with Crippen LogP contribution in [0.15, 0.2) is 12.2 Å². The van der Waals surface area contributed by atoms with E-state index in [1.807, 2.05) is 0 Å². The maximum atomic E-state index is 3.83. The monoisotopic (exact) mass is 167 g/mol. The molecule has 0 heteroatoms. The molecule has 0 atom stereocenters. The van der Waals surface area contributed by atoms with E-state index in [2.05, 4.69) is 26.0 Å². The molecule has 0 spiro atoms. The Labute approximate surface area is 78.1 Å². The van der Waals surface area contributed by atoms with E-state index in [4.69, 9.17) is 0 Å². The number of hydrogen-bond donors (Lipinski definition) is 0. The molecule has 71 valence electrons. The molecule has 0 saturated carbocycles. The Bertz CT molecular complexity index is 92.2. The second kappa shape index (κ2) is 10.7. The van der Waals surface area contributed by atoms with E-state index >= 15 is 0 Å². The van der Waals surface area contributed by atoms with E-state index in [0.717, 1.165) is 6.42 Å². The topological polar surface area (TPSA) is 0 Å². The molecule has 0 bridgehead atoms. The second-order valence-electron chi connectivity index (χ2n) is 3.32. The second-order valence-corrected chi connectivity index (χ2v) is 3.32. The highest BCUT2D eigenvalue weighted by Gasteiger charge is 1.84. The van der Waals surface area contributed by atoms with Crippen LogP contribution in [0.25, 0.3) is 0 Å². The van der Waals surface area contributed by atoms with Crippen LogP contribution in [-0.2, 0) is 0 Å². The Morgan fingerprint density at radius 3 is 2.17 bits per heavy atom. The van der Waals surface area contributed by atoms with Gasteiger partial charge in [0.1, 0.15) is 0 Å². The predicted octanol–water partition coefficient (Wildman–Crippen LogP) is 4.52. The van der Waals surface area contributed by atoms with Gasteiger partial charge in [0.15, 0.2) is 0 Å². The molecule has 0 amide bonds. The van der Waals surface area contributed by atoms with E-state index in [1.54, 1.807) is 0 Å². The molecular formula is C12H23. The zero-order chi connectivity index (χ0) is 9.07. The fourth-order valence-corrected chi connectivity index (χ4v) is 1.17. The van der Waals surface area contributed by atoms with Crippen molar-refractivity contribution in [1.29, 1.82) is 0 Å². The average molecular weight is 167 g/mol. The SMILES string of the molecule is [CH2]CCCCC/C=C\CCCC. The minimum Gasteiger partial charge on any atom is -0.0885 e. The fraction of sp³-hybridized carbons (Fsp3) is 0.750. The van der Waals surface area contributed by atoms with Crippen LogP contribution in [0.3, 0.4) is 0 Å². The largest absolute Gasteiger partial charge is 0.0885 e. The third kappa shape index (κ3) is 9.74. The predicted molar refractivity (Wildman–Crippen MR) is 57.1 cm³/mol. The minimum atomic E-state index is 1.10. The van der Waals surface area contributed by atoms with Crippen molar-refractivity contribution in [2.24, 2.45) is 0 Å². The fourth-order valence-electron chi connectivity index (χ4n) is 1.17. The van der Waals surface area contributed by atoms with Gasteiger partial charge in [0.25, 0.3) is 0 Å². The van der Waals surface area contributed by atoms with Crippen molar-refractivity contribution in [3.05, 3.63) is 19.1 Å². The van der Waals surface area contributed by atoms with Crippen molar-refractivity contribution < 1.29 is 0 Å². The zero-order valence-corrected chi connectivity index (χ0v) is 8.52. The third-order valence-electron chi connectivity index (χ3n) is 2.01. The smallest absolute Gasteiger partial charge is 0.0351 e. The molecular weight excluding hydrogens is 144 g/mol. The van der Waals surface area contributed by atoms with E-state index in [0.29, 0.717) is 0 Å². The van der Waals surface area contributed by atoms with Gasteiger partial charge in [0, 0.05) is 0 Å². The summed E-state index contributed by atoms with van der Waals surface area (Å²) in [5, 5.41) is 0. The highest BCUT2D eigenvalue weighted by molar-refractivity contribution is 4.80. The molecule has 1 radical (unpaired) electrons. The summed E-state index contributed by atoms with van der Waals surface area (Å²) in [5.41, 5.74) is 0. The van der Waals surface area contributed by atoms with Crippen LogP contribution in [-0.4, -0.2) is 0 Å². The van der Waals surface area contributed by atoms with E-state index in [9.17, 15) is 0 Å². The number of hydrogen-bond acceptors (Lipinski definition) is 0. The standard InChI is InChI=1S/C12H23/c1-3-5-7-9-11-12-10-8-6-4-2/h10,12H,1,3-9,11H2,2H3/b12-10-. The van der Waals surface area contributed by atoms with Gasteiger partial charge < -0.3 is 0 Å². The molecule has 0 aromatic heterocycles. The van der Waals surface area contributed by atoms with Crippen LogP contribution in [0, 0.1) is 6.92 Å². The normalized spacial score (nSPS) is 11.2. The first-order chi connectivity index (χ1) is 5.91. The molecule has 0 rings (SSSR count). The lowest BCUT2D eigenvalue weighted by Gasteiger charge is -1.94. The summed E-state index contributed by atoms with van der Waals surface area (Å²) in [6.45, 7) is 6.06. The van der Waals surface area contributed by atoms with Crippen LogP contribution in [0.2, 0.25) is 0 Å². The number of allylic oxidation sites excluding steroid dienone is 2. The molecule has 0 heterocycles. The van der Waals surface area contributed by atoms with Gasteiger partial charge in [-0.3, -0.25) is 0 Å². The summed E-state index contributed by atoms with van der Waals surface area (Å²) < 4.78 is 0. The highest BCUT2D eigenvalue weighted by Crippen LogP contribution is 2.03. The van der Waals surface area contributed by atoms with Crippen molar-refractivity contribution in [2.45, 2.75) is 58.3 Å². The van der Waals surface area contributed by atoms with Gasteiger partial charge in [-0.05, 0) is 19.3 Å². The van der Waals surface area contributed by atoms with Crippen molar-refractivity contribution in [1.82, 2.24) is 0 Å². The van der Waals surface area contributed by atoms with Gasteiger partial charge in [-0.2, -0.15) is 0 Å². The highest BCUT2D eigenvalue weighted by atomic mass is 13.9. The summed E-state index contributed by atoms with van der Waals surface area (Å²) >= 11 is 0. The number of rotatable bonds is 8. The third-order valence-corrected chi connectivity index (χ3v) is 2.01. The summed E-state index contributed by atoms with van der Waals surface area (Å²) in [7, 11) is 0. The van der Waals surface area contributed by atoms with Crippen LogP contribution >= 0.6 is 0 Å². The van der Waals surface area contributed by atoms with Crippen molar-refractivity contribution in [3.8, 4) is 0 Å². The zero-order valence-electron chi connectivity index (χ0n) is 8.52. The Morgan fingerprint density at radius 2 is 1.58 bits per heavy atom. The first-order valence-electron chi connectivity index (χ1n) is 5.36. The molecule has 0 aliphatic carbocycles. The number of unbranched alkanes of at least 4 members (excludes halogenated alkanes) is 6. The minimum absolute atomic E-state index is 1.10. The Balaban J connectivity index is 2.92. The quantitative estimate of drug-likeness (QED) is 0.368. The lowest BCUT2D eigenvalue weighted by atomic mass is 10.1. The molecule has 0 aliphatic heterocycles. The Hall–Kier alpha value is -0.260. The first-order valence-corrected chi connectivity index (χ1v) is 5.36. The molecule has 12 heavy (non-hydrogen) atoms. The van der Waals surface area contributed by atoms with Gasteiger partial charge in [0.05, 0.1) is 0 Å². The van der Waals surface area contributed by atoms with E-state index < -0.39 is 0 Å². The van der Waals surface area contributed by atoms with Gasteiger partial charge in [-0.1, -0.05) is 58.1 Å². The van der Waals surface area contributed by atoms with E-state index in [1.165, 1.54) is 44.9 Å². The van der Waals surface area contributed by atoms with E-state index in [-0.39, 0.29) is 0 Å². The van der Waals surface area contributed by atoms with Gasteiger partial charge in [0.2, 0.25) is 0 Å². The maximum Gasteiger partial charge on any atom is -0.0351 e. The van der Waals surface area contributed by atoms with Gasteiger partial charge >= 0.3 is 0 Å². The summed E-state index contributed by atoms with van der Waals surface area (Å²) in [5.74, 6) is 0. The van der Waals surface area contributed by atoms with Crippen LogP contribution in [0.1, 0.15) is 58.3 Å². The van der Waals surface area contributed by atoms with Crippen molar-refractivity contribution >= 4 is 0 Å². The Morgan fingerprint density at radius 1 is 0.917 bits per heavy atom. The lowest BCUT2D eigenvalue weighted by Crippen LogP contribution is -1.74. The van der Waals surface area contributed by atoms with Crippen molar-refractivity contribution in [3.63, 3.8) is 0 Å².